The molecule has 0 aliphatic heterocycles. The van der Waals surface area contributed by atoms with Crippen LogP contribution in [0.2, 0.25) is 0 Å². The Kier molecular flexibility index (Phi) is 6.25. The van der Waals surface area contributed by atoms with Crippen molar-refractivity contribution < 1.29 is 18.7 Å². The zero-order valence-corrected chi connectivity index (χ0v) is 15.2. The van der Waals surface area contributed by atoms with E-state index in [-0.39, 0.29) is 12.5 Å². The van der Waals surface area contributed by atoms with Gasteiger partial charge in [-0.15, -0.1) is 0 Å². The van der Waals surface area contributed by atoms with E-state index in [1.807, 2.05) is 12.1 Å². The molecule has 0 saturated carbocycles. The number of aryl methyl sites for hydroxylation is 2. The van der Waals surface area contributed by atoms with Gasteiger partial charge in [0.15, 0.2) is 6.61 Å². The monoisotopic (exact) mass is 369 g/mol. The second-order valence-corrected chi connectivity index (χ2v) is 6.47. The maximum absolute atomic E-state index is 12.0. The van der Waals surface area contributed by atoms with E-state index in [9.17, 15) is 9.59 Å². The molecule has 2 aromatic rings. The minimum atomic E-state index is -0.738. The Balaban J connectivity index is 1.42. The van der Waals surface area contributed by atoms with E-state index < -0.39 is 11.9 Å². The number of hydrogen-bond acceptors (Lipinski definition) is 5. The summed E-state index contributed by atoms with van der Waals surface area (Å²) in [5.74, 6) is 0.390. The highest BCUT2D eigenvalue weighted by atomic mass is 16.5. The van der Waals surface area contributed by atoms with Gasteiger partial charge in [-0.05, 0) is 68.0 Å². The molecule has 1 heterocycles. The number of nitrogens with zero attached hydrogens (tertiary/aromatic N) is 1. The minimum absolute atomic E-state index is 0.147. The molecule has 7 nitrogen and oxygen atoms in total. The summed E-state index contributed by atoms with van der Waals surface area (Å²) < 4.78 is 10.6. The Hall–Kier alpha value is -3.09. The summed E-state index contributed by atoms with van der Waals surface area (Å²) in [7, 11) is 0. The Labute approximate surface area is 157 Å². The summed E-state index contributed by atoms with van der Waals surface area (Å²) >= 11 is 0. The molecule has 0 radical (unpaired) electrons. The van der Waals surface area contributed by atoms with Crippen LogP contribution in [0.5, 0.6) is 5.75 Å². The number of fused-ring (bicyclic) bond motifs is 1. The first kappa shape index (κ1) is 18.7. The summed E-state index contributed by atoms with van der Waals surface area (Å²) in [6.07, 6.45) is 7.45. The lowest BCUT2D eigenvalue weighted by molar-refractivity contribution is -0.129. The molecule has 27 heavy (non-hydrogen) atoms. The number of ether oxygens (including phenoxy) is 1. The van der Waals surface area contributed by atoms with Crippen LogP contribution in [0.25, 0.3) is 0 Å². The zero-order chi connectivity index (χ0) is 19.1. The molecule has 1 aromatic carbocycles. The van der Waals surface area contributed by atoms with Crippen LogP contribution >= 0.6 is 0 Å². The van der Waals surface area contributed by atoms with Gasteiger partial charge >= 0.3 is 0 Å². The quantitative estimate of drug-likeness (QED) is 0.578. The molecule has 1 atom stereocenters. The first-order valence-corrected chi connectivity index (χ1v) is 9.02. The number of carbonyl (C=O) groups excluding carboxylic acids is 2. The average Bonchev–Trinajstić information content (AvgIpc) is 3.19. The van der Waals surface area contributed by atoms with Crippen molar-refractivity contribution >= 4 is 18.0 Å². The van der Waals surface area contributed by atoms with Crippen molar-refractivity contribution in [3.05, 3.63) is 53.5 Å². The van der Waals surface area contributed by atoms with E-state index in [0.717, 1.165) is 12.8 Å². The van der Waals surface area contributed by atoms with Gasteiger partial charge in [0, 0.05) is 0 Å². The van der Waals surface area contributed by atoms with Crippen molar-refractivity contribution in [3.8, 4) is 5.75 Å². The van der Waals surface area contributed by atoms with Crippen molar-refractivity contribution in [1.29, 1.82) is 0 Å². The second kappa shape index (κ2) is 9.02. The van der Waals surface area contributed by atoms with Gasteiger partial charge in [0.1, 0.15) is 17.6 Å². The fourth-order valence-corrected chi connectivity index (χ4v) is 2.92. The Morgan fingerprint density at radius 2 is 2.07 bits per heavy atom. The first-order valence-electron chi connectivity index (χ1n) is 9.02. The predicted molar refractivity (Wildman–Crippen MR) is 101 cm³/mol. The molecule has 1 aliphatic carbocycles. The van der Waals surface area contributed by atoms with Gasteiger partial charge in [-0.1, -0.05) is 6.07 Å². The third kappa shape index (κ3) is 5.44. The molecule has 0 fully saturated rings. The number of nitrogens with one attached hydrogen (secondary N) is 2. The Morgan fingerprint density at radius 1 is 1.26 bits per heavy atom. The third-order valence-electron chi connectivity index (χ3n) is 4.37. The lowest BCUT2D eigenvalue weighted by Crippen LogP contribution is -2.45. The molecule has 1 unspecified atom stereocenters. The summed E-state index contributed by atoms with van der Waals surface area (Å²) in [4.78, 5) is 23.9. The normalized spacial score (nSPS) is 14.4. The molecule has 2 amide bonds. The average molecular weight is 369 g/mol. The van der Waals surface area contributed by atoms with E-state index in [1.54, 1.807) is 19.1 Å². The van der Waals surface area contributed by atoms with Crippen LogP contribution in [-0.4, -0.2) is 30.7 Å². The van der Waals surface area contributed by atoms with Gasteiger partial charge < -0.3 is 14.5 Å². The Morgan fingerprint density at radius 3 is 2.85 bits per heavy atom. The van der Waals surface area contributed by atoms with E-state index in [4.69, 9.17) is 9.15 Å². The summed E-state index contributed by atoms with van der Waals surface area (Å²) in [5, 5.41) is 6.36. The SMILES string of the molecule is CC(NC(=O)COc1ccc2c(c1)CCCC2)C(=O)NN=Cc1ccco1. The highest BCUT2D eigenvalue weighted by Gasteiger charge is 2.16. The molecule has 0 spiro atoms. The lowest BCUT2D eigenvalue weighted by atomic mass is 9.92. The first-order chi connectivity index (χ1) is 13.1. The fraction of sp³-hybridized carbons (Fsp3) is 0.350. The number of benzene rings is 1. The molecule has 2 N–H and O–H groups in total. The summed E-state index contributed by atoms with van der Waals surface area (Å²) in [6, 6.07) is 8.64. The van der Waals surface area contributed by atoms with Gasteiger partial charge in [-0.2, -0.15) is 5.10 Å². The summed E-state index contributed by atoms with van der Waals surface area (Å²) in [5.41, 5.74) is 5.00. The fourth-order valence-electron chi connectivity index (χ4n) is 2.92. The van der Waals surface area contributed by atoms with Gasteiger partial charge in [-0.25, -0.2) is 5.43 Å². The smallest absolute Gasteiger partial charge is 0.262 e. The largest absolute Gasteiger partial charge is 0.484 e. The zero-order valence-electron chi connectivity index (χ0n) is 15.2. The molecule has 0 saturated heterocycles. The number of hydrogen-bond donors (Lipinski definition) is 2. The van der Waals surface area contributed by atoms with Crippen LogP contribution < -0.4 is 15.5 Å². The number of amides is 2. The minimum Gasteiger partial charge on any atom is -0.484 e. The molecule has 7 heteroatoms. The predicted octanol–water partition coefficient (Wildman–Crippen LogP) is 2.19. The molecule has 1 aromatic heterocycles. The van der Waals surface area contributed by atoms with Crippen molar-refractivity contribution in [2.75, 3.05) is 6.61 Å². The highest BCUT2D eigenvalue weighted by molar-refractivity contribution is 5.88. The van der Waals surface area contributed by atoms with Crippen molar-refractivity contribution in [2.24, 2.45) is 5.10 Å². The van der Waals surface area contributed by atoms with Gasteiger partial charge in [0.05, 0.1) is 12.5 Å². The maximum atomic E-state index is 12.0. The number of rotatable bonds is 7. The molecular formula is C20H23N3O4. The maximum Gasteiger partial charge on any atom is 0.262 e. The number of carbonyl (C=O) groups is 2. The molecule has 3 rings (SSSR count). The van der Waals surface area contributed by atoms with Crippen LogP contribution in [0.15, 0.2) is 46.1 Å². The number of hydrazone groups is 1. The van der Waals surface area contributed by atoms with E-state index >= 15 is 0 Å². The van der Waals surface area contributed by atoms with Gasteiger partial charge in [-0.3, -0.25) is 9.59 Å². The summed E-state index contributed by atoms with van der Waals surface area (Å²) in [6.45, 7) is 1.43. The molecule has 0 bridgehead atoms. The van der Waals surface area contributed by atoms with E-state index in [2.05, 4.69) is 21.9 Å². The van der Waals surface area contributed by atoms with E-state index in [1.165, 1.54) is 36.4 Å². The Bertz CT molecular complexity index is 815. The van der Waals surface area contributed by atoms with E-state index in [0.29, 0.717) is 11.5 Å². The van der Waals surface area contributed by atoms with Crippen LogP contribution in [0.3, 0.4) is 0 Å². The van der Waals surface area contributed by atoms with Gasteiger partial charge in [0.2, 0.25) is 0 Å². The lowest BCUT2D eigenvalue weighted by Gasteiger charge is -2.17. The number of furan rings is 1. The highest BCUT2D eigenvalue weighted by Crippen LogP contribution is 2.25. The van der Waals surface area contributed by atoms with Crippen LogP contribution in [0.4, 0.5) is 0 Å². The molecule has 142 valence electrons. The van der Waals surface area contributed by atoms with Crippen LogP contribution in [0, 0.1) is 0 Å². The molecule has 1 aliphatic rings. The third-order valence-corrected chi connectivity index (χ3v) is 4.37. The standard InChI is InChI=1S/C20H23N3O4/c1-14(20(25)23-21-12-18-7-4-10-26-18)22-19(24)13-27-17-9-8-15-5-2-3-6-16(15)11-17/h4,7-12,14H,2-3,5-6,13H2,1H3,(H,22,24)(H,23,25). The van der Waals surface area contributed by atoms with Crippen LogP contribution in [-0.2, 0) is 22.4 Å². The van der Waals surface area contributed by atoms with Gasteiger partial charge in [0.25, 0.3) is 11.8 Å². The van der Waals surface area contributed by atoms with Crippen molar-refractivity contribution in [1.82, 2.24) is 10.7 Å². The topological polar surface area (TPSA) is 92.9 Å². The van der Waals surface area contributed by atoms with Crippen molar-refractivity contribution in [2.45, 2.75) is 38.6 Å². The molecular weight excluding hydrogens is 346 g/mol. The second-order valence-electron chi connectivity index (χ2n) is 6.47. The van der Waals surface area contributed by atoms with Crippen molar-refractivity contribution in [3.63, 3.8) is 0 Å². The van der Waals surface area contributed by atoms with Crippen LogP contribution in [0.1, 0.15) is 36.7 Å².